The van der Waals surface area contributed by atoms with Crippen LogP contribution >= 0.6 is 23.2 Å². The first-order valence-electron chi connectivity index (χ1n) is 15.4. The lowest BCUT2D eigenvalue weighted by molar-refractivity contribution is -0.118. The van der Waals surface area contributed by atoms with E-state index in [-0.39, 0.29) is 18.5 Å². The summed E-state index contributed by atoms with van der Waals surface area (Å²) >= 11 is 12.4. The molecule has 1 unspecified atom stereocenters. The van der Waals surface area contributed by atoms with E-state index in [0.717, 1.165) is 62.3 Å². The molecule has 6 rings (SSSR count). The molecule has 2 aliphatic heterocycles. The average Bonchev–Trinajstić information content (AvgIpc) is 3.04. The highest BCUT2D eigenvalue weighted by Gasteiger charge is 2.36. The van der Waals surface area contributed by atoms with Gasteiger partial charge in [-0.25, -0.2) is 0 Å². The number of likely N-dealkylation sites (tertiary alicyclic amines) is 1. The third kappa shape index (κ3) is 7.35. The Morgan fingerprint density at radius 1 is 0.933 bits per heavy atom. The summed E-state index contributed by atoms with van der Waals surface area (Å²) in [5.74, 6) is 1.25. The molecule has 4 aromatic carbocycles. The number of nitrogens with zero attached hydrogens (tertiary/aromatic N) is 3. The van der Waals surface area contributed by atoms with Gasteiger partial charge < -0.3 is 10.1 Å². The van der Waals surface area contributed by atoms with E-state index in [9.17, 15) is 10.1 Å². The molecule has 0 radical (unpaired) electrons. The molecule has 6 nitrogen and oxygen atoms in total. The number of carbonyl (C=O) groups excluding carboxylic acids is 1. The van der Waals surface area contributed by atoms with E-state index >= 15 is 0 Å². The number of fused-ring (bicyclic) bond motifs is 1. The molecule has 2 aliphatic rings. The molecule has 1 amide bonds. The van der Waals surface area contributed by atoms with E-state index in [4.69, 9.17) is 27.9 Å². The van der Waals surface area contributed by atoms with Gasteiger partial charge in [-0.1, -0.05) is 71.7 Å². The average molecular weight is 640 g/mol. The Kier molecular flexibility index (Phi) is 9.73. The highest BCUT2D eigenvalue weighted by atomic mass is 35.5. The van der Waals surface area contributed by atoms with Gasteiger partial charge in [0, 0.05) is 40.4 Å². The number of rotatable bonds is 8. The van der Waals surface area contributed by atoms with Crippen LogP contribution in [0.1, 0.15) is 41.1 Å². The molecule has 4 aromatic rings. The van der Waals surface area contributed by atoms with Crippen LogP contribution in [0.15, 0.2) is 84.9 Å². The van der Waals surface area contributed by atoms with E-state index in [0.29, 0.717) is 27.2 Å². The van der Waals surface area contributed by atoms with E-state index in [2.05, 4.69) is 57.6 Å². The van der Waals surface area contributed by atoms with Crippen LogP contribution in [-0.4, -0.2) is 49.0 Å². The van der Waals surface area contributed by atoms with Crippen LogP contribution < -0.4 is 10.1 Å². The zero-order valence-corrected chi connectivity index (χ0v) is 26.8. The van der Waals surface area contributed by atoms with Crippen LogP contribution in [0.2, 0.25) is 10.0 Å². The number of piperidine rings is 1. The van der Waals surface area contributed by atoms with Gasteiger partial charge in [0.2, 0.25) is 5.91 Å². The van der Waals surface area contributed by atoms with E-state index in [1.165, 1.54) is 16.7 Å². The maximum Gasteiger partial charge on any atom is 0.238 e. The summed E-state index contributed by atoms with van der Waals surface area (Å²) in [6.07, 6.45) is 2.92. The van der Waals surface area contributed by atoms with Crippen molar-refractivity contribution in [2.45, 2.75) is 31.8 Å². The molecule has 1 atom stereocenters. The maximum atomic E-state index is 13.4. The summed E-state index contributed by atoms with van der Waals surface area (Å²) in [5, 5.41) is 13.4. The van der Waals surface area contributed by atoms with Crippen LogP contribution in [0.4, 0.5) is 5.69 Å². The number of hydrogen-bond acceptors (Lipinski definition) is 5. The quantitative estimate of drug-likeness (QED) is 0.212. The minimum atomic E-state index is -0.0830. The Hall–Kier alpha value is -3.86. The first kappa shape index (κ1) is 31.1. The number of nitriles is 1. The van der Waals surface area contributed by atoms with Crippen LogP contribution in [-0.2, 0) is 17.8 Å². The fraction of sp³-hybridized carbons (Fsp3) is 0.297. The Morgan fingerprint density at radius 2 is 1.69 bits per heavy atom. The van der Waals surface area contributed by atoms with Gasteiger partial charge in [-0.15, -0.1) is 0 Å². The zero-order valence-electron chi connectivity index (χ0n) is 25.3. The van der Waals surface area contributed by atoms with Gasteiger partial charge in [0.15, 0.2) is 0 Å². The molecular weight excluding hydrogens is 603 g/mol. The molecule has 0 aliphatic carbocycles. The number of methoxy groups -OCH3 is 1. The van der Waals surface area contributed by atoms with Crippen molar-refractivity contribution in [1.29, 1.82) is 5.26 Å². The number of carbonyl (C=O) groups is 1. The van der Waals surface area contributed by atoms with E-state index < -0.39 is 0 Å². The number of ether oxygens (including phenoxy) is 1. The van der Waals surface area contributed by atoms with E-state index in [1.54, 1.807) is 25.3 Å². The Morgan fingerprint density at radius 3 is 2.44 bits per heavy atom. The van der Waals surface area contributed by atoms with Crippen LogP contribution in [0.5, 0.6) is 5.75 Å². The predicted molar refractivity (Wildman–Crippen MR) is 181 cm³/mol. The third-order valence-electron chi connectivity index (χ3n) is 9.01. The molecule has 0 spiro atoms. The monoisotopic (exact) mass is 638 g/mol. The van der Waals surface area contributed by atoms with Crippen molar-refractivity contribution in [2.24, 2.45) is 5.92 Å². The van der Waals surface area contributed by atoms with Crippen LogP contribution in [0.25, 0.3) is 11.1 Å². The number of amides is 1. The lowest BCUT2D eigenvalue weighted by Gasteiger charge is -2.44. The molecule has 45 heavy (non-hydrogen) atoms. The van der Waals surface area contributed by atoms with Crippen LogP contribution in [0, 0.1) is 17.2 Å². The smallest absolute Gasteiger partial charge is 0.238 e. The zero-order chi connectivity index (χ0) is 31.3. The summed E-state index contributed by atoms with van der Waals surface area (Å²) < 4.78 is 5.60. The second kappa shape index (κ2) is 14.1. The highest BCUT2D eigenvalue weighted by Crippen LogP contribution is 2.41. The fourth-order valence-corrected chi connectivity index (χ4v) is 7.43. The molecule has 1 N–H and O–H groups in total. The van der Waals surface area contributed by atoms with E-state index in [1.807, 2.05) is 30.3 Å². The van der Waals surface area contributed by atoms with Gasteiger partial charge in [0.05, 0.1) is 25.3 Å². The third-order valence-corrected chi connectivity index (χ3v) is 9.44. The maximum absolute atomic E-state index is 13.4. The Labute approximate surface area is 275 Å². The van der Waals surface area contributed by atoms with Crippen molar-refractivity contribution in [3.63, 3.8) is 0 Å². The fourth-order valence-electron chi connectivity index (χ4n) is 6.90. The summed E-state index contributed by atoms with van der Waals surface area (Å²) in [7, 11) is 1.73. The SMILES string of the molecule is COc1ccccc1CN1CCC(C2c3ccc(-c4cccc(C#N)c4)cc3CCN2CC(=O)Nc2cc(Cl)cc(Cl)c2)CC1. The Balaban J connectivity index is 1.24. The lowest BCUT2D eigenvalue weighted by Crippen LogP contribution is -2.46. The number of benzene rings is 4. The first-order chi connectivity index (χ1) is 21.9. The summed E-state index contributed by atoms with van der Waals surface area (Å²) in [6, 6.07) is 30.1. The number of hydrogen-bond donors (Lipinski definition) is 1. The van der Waals surface area contributed by atoms with Gasteiger partial charge in [0.1, 0.15) is 5.75 Å². The minimum absolute atomic E-state index is 0.0830. The summed E-state index contributed by atoms with van der Waals surface area (Å²) in [6.45, 7) is 3.88. The second-order valence-electron chi connectivity index (χ2n) is 11.9. The standard InChI is InChI=1S/C37H36Cl2N4O2/c1-45-35-8-3-2-6-30(35)23-42-14-11-26(12-15-42)37-34-10-9-28(27-7-4-5-25(17-27)22-40)18-29(34)13-16-43(37)24-36(44)41-33-20-31(38)19-32(39)21-33/h2-10,17-21,26,37H,11-16,23-24H2,1H3,(H,41,44). The van der Waals surface area contributed by atoms with Crippen molar-refractivity contribution in [1.82, 2.24) is 9.80 Å². The summed E-state index contributed by atoms with van der Waals surface area (Å²) in [5.41, 5.74) is 7.22. The van der Waals surface area contributed by atoms with Gasteiger partial charge in [0.25, 0.3) is 0 Å². The molecule has 0 bridgehead atoms. The molecule has 230 valence electrons. The number of para-hydroxylation sites is 1. The number of nitrogens with one attached hydrogen (secondary N) is 1. The molecule has 0 aromatic heterocycles. The first-order valence-corrected chi connectivity index (χ1v) is 16.1. The van der Waals surface area contributed by atoms with Crippen molar-refractivity contribution in [2.75, 3.05) is 38.6 Å². The van der Waals surface area contributed by atoms with Gasteiger partial charge in [-0.3, -0.25) is 14.6 Å². The van der Waals surface area contributed by atoms with Gasteiger partial charge in [-0.05, 0) is 96.9 Å². The van der Waals surface area contributed by atoms with Crippen molar-refractivity contribution < 1.29 is 9.53 Å². The van der Waals surface area contributed by atoms with Crippen molar-refractivity contribution >= 4 is 34.8 Å². The van der Waals surface area contributed by atoms with Gasteiger partial charge in [-0.2, -0.15) is 5.26 Å². The normalized spacial score (nSPS) is 17.3. The highest BCUT2D eigenvalue weighted by molar-refractivity contribution is 6.35. The summed E-state index contributed by atoms with van der Waals surface area (Å²) in [4.78, 5) is 18.2. The molecule has 8 heteroatoms. The molecular formula is C37H36Cl2N4O2. The molecule has 1 saturated heterocycles. The largest absolute Gasteiger partial charge is 0.496 e. The van der Waals surface area contributed by atoms with Crippen molar-refractivity contribution in [3.8, 4) is 22.9 Å². The number of anilines is 1. The Bertz CT molecular complexity index is 1710. The number of halogens is 2. The lowest BCUT2D eigenvalue weighted by atomic mass is 9.79. The van der Waals surface area contributed by atoms with Gasteiger partial charge >= 0.3 is 0 Å². The predicted octanol–water partition coefficient (Wildman–Crippen LogP) is 7.99. The topological polar surface area (TPSA) is 68.6 Å². The molecule has 0 saturated carbocycles. The second-order valence-corrected chi connectivity index (χ2v) is 12.8. The van der Waals surface area contributed by atoms with Crippen LogP contribution in [0.3, 0.4) is 0 Å². The van der Waals surface area contributed by atoms with Crippen molar-refractivity contribution in [3.05, 3.63) is 117 Å². The molecule has 1 fully saturated rings. The molecule has 2 heterocycles. The minimum Gasteiger partial charge on any atom is -0.496 e.